The van der Waals surface area contributed by atoms with Crippen LogP contribution in [-0.2, 0) is 38.4 Å². The minimum atomic E-state index is -1.56. The number of allylic oxidation sites excluding steroid dienone is 2. The van der Waals surface area contributed by atoms with Crippen LogP contribution >= 0.6 is 11.8 Å². The number of thioether (sulfide) groups is 1. The summed E-state index contributed by atoms with van der Waals surface area (Å²) < 4.78 is 0. The number of carboxylic acids is 1. The standard InChI is InChI=1S/C46H83N7O10S/c1-17-19-20-31(11)40(57)39(53(16)46(63)38(30(9)10)52(15)44(61)34(24-29(7)8)49(12)36(54)22-21-27(3)4)42(59)48-32(18-2)43(60)51(14)35(25-64-26-37(55)56)45(62)50(13)33(41(47)58)23-28(5)6/h17,19,27-35,38-40,57H,18,20-26H2,1-16H3,(H2,47,58)(H,48,59)(H,55,56)/b19-17+/t31-,32+,33+,34+,35-,38+,39+,40-/m1/s1. The monoisotopic (exact) mass is 926 g/mol. The molecule has 7 amide bonds. The molecular formula is C46H83N7O10S. The summed E-state index contributed by atoms with van der Waals surface area (Å²) in [5.41, 5.74) is 5.68. The predicted molar refractivity (Wildman–Crippen MR) is 252 cm³/mol. The van der Waals surface area contributed by atoms with Gasteiger partial charge in [0.1, 0.15) is 36.3 Å². The van der Waals surface area contributed by atoms with Crippen molar-refractivity contribution in [2.75, 3.05) is 46.7 Å². The Morgan fingerprint density at radius 2 is 1.17 bits per heavy atom. The Bertz CT molecular complexity index is 1590. The van der Waals surface area contributed by atoms with Crippen LogP contribution in [0, 0.1) is 29.6 Å². The number of nitrogens with one attached hydrogen (secondary N) is 1. The molecule has 0 heterocycles. The Hall–Kier alpha value is -4.19. The van der Waals surface area contributed by atoms with Crippen LogP contribution in [-0.4, -0.2) is 171 Å². The lowest BCUT2D eigenvalue weighted by atomic mass is 9.91. The molecule has 0 spiro atoms. The molecule has 0 aromatic heterocycles. The minimum absolute atomic E-state index is 0.0177. The average molecular weight is 926 g/mol. The minimum Gasteiger partial charge on any atom is -0.481 e. The van der Waals surface area contributed by atoms with Crippen molar-refractivity contribution in [3.05, 3.63) is 12.2 Å². The molecule has 0 fully saturated rings. The number of nitrogens with zero attached hydrogens (tertiary/aromatic N) is 5. The number of aliphatic carboxylic acids is 1. The van der Waals surface area contributed by atoms with Gasteiger partial charge in [-0.3, -0.25) is 38.4 Å². The fourth-order valence-corrected chi connectivity index (χ4v) is 8.39. The molecule has 0 saturated carbocycles. The summed E-state index contributed by atoms with van der Waals surface area (Å²) in [5, 5.41) is 23.9. The highest BCUT2D eigenvalue weighted by molar-refractivity contribution is 8.00. The van der Waals surface area contributed by atoms with Gasteiger partial charge < -0.3 is 45.8 Å². The quantitative estimate of drug-likeness (QED) is 0.0794. The SMILES string of the molecule is C/C=C/C[C@@H](C)[C@@H](O)[C@@H](C(=O)N[C@@H](CC)C(=O)N(C)[C@H](CSCC(=O)O)C(=O)N(C)[C@@H](CC(C)C)C(N)=O)N(C)C(=O)[C@H](C(C)C)N(C)C(=O)[C@H](CC(C)C)N(C)C(=O)CCC(C)C. The molecule has 8 atom stereocenters. The number of carbonyl (C=O) groups excluding carboxylic acids is 7. The number of hydrogen-bond donors (Lipinski definition) is 4. The molecule has 5 N–H and O–H groups in total. The van der Waals surface area contributed by atoms with E-state index in [-0.39, 0.29) is 54.4 Å². The van der Waals surface area contributed by atoms with Crippen LogP contribution < -0.4 is 11.1 Å². The molecule has 368 valence electrons. The van der Waals surface area contributed by atoms with Crippen LogP contribution in [0.3, 0.4) is 0 Å². The van der Waals surface area contributed by atoms with Crippen molar-refractivity contribution < 1.29 is 48.6 Å². The second kappa shape index (κ2) is 28.7. The highest BCUT2D eigenvalue weighted by atomic mass is 32.2. The van der Waals surface area contributed by atoms with Crippen molar-refractivity contribution >= 4 is 59.1 Å². The first-order valence-corrected chi connectivity index (χ1v) is 23.7. The number of aliphatic hydroxyl groups is 1. The van der Waals surface area contributed by atoms with Gasteiger partial charge in [0.25, 0.3) is 0 Å². The number of amides is 7. The average Bonchev–Trinajstić information content (AvgIpc) is 3.21. The molecule has 17 nitrogen and oxygen atoms in total. The zero-order valence-electron chi connectivity index (χ0n) is 41.6. The Balaban J connectivity index is 7.12. The highest BCUT2D eigenvalue weighted by Crippen LogP contribution is 2.24. The number of rotatable bonds is 29. The van der Waals surface area contributed by atoms with Crippen molar-refractivity contribution in [2.24, 2.45) is 35.3 Å². The second-order valence-corrected chi connectivity index (χ2v) is 19.8. The normalized spacial score (nSPS) is 15.5. The Morgan fingerprint density at radius 3 is 1.62 bits per heavy atom. The lowest BCUT2D eigenvalue weighted by Gasteiger charge is -2.41. The molecule has 64 heavy (non-hydrogen) atoms. The van der Waals surface area contributed by atoms with Gasteiger partial charge in [-0.15, -0.1) is 11.8 Å². The summed E-state index contributed by atoms with van der Waals surface area (Å²) in [6, 6.07) is -7.09. The fraction of sp³-hybridized carbons (Fsp3) is 0.783. The van der Waals surface area contributed by atoms with E-state index in [0.29, 0.717) is 19.3 Å². The van der Waals surface area contributed by atoms with E-state index in [0.717, 1.165) is 26.5 Å². The molecule has 0 radical (unpaired) electrons. The topological polar surface area (TPSA) is 231 Å². The van der Waals surface area contributed by atoms with Crippen molar-refractivity contribution in [1.29, 1.82) is 0 Å². The molecule has 0 aromatic carbocycles. The fourth-order valence-electron chi connectivity index (χ4n) is 7.51. The van der Waals surface area contributed by atoms with Crippen LogP contribution in [0.1, 0.15) is 115 Å². The van der Waals surface area contributed by atoms with E-state index < -0.39 is 95.6 Å². The van der Waals surface area contributed by atoms with Crippen molar-refractivity contribution in [1.82, 2.24) is 29.8 Å². The van der Waals surface area contributed by atoms with Crippen LogP contribution in [0.4, 0.5) is 0 Å². The van der Waals surface area contributed by atoms with Gasteiger partial charge >= 0.3 is 5.97 Å². The molecule has 0 aromatic rings. The maximum absolute atomic E-state index is 14.7. The third-order valence-electron chi connectivity index (χ3n) is 11.6. The first-order valence-electron chi connectivity index (χ1n) is 22.6. The van der Waals surface area contributed by atoms with E-state index >= 15 is 0 Å². The van der Waals surface area contributed by atoms with E-state index in [1.807, 2.05) is 54.5 Å². The van der Waals surface area contributed by atoms with Gasteiger partial charge in [-0.25, -0.2) is 0 Å². The molecular weight excluding hydrogens is 843 g/mol. The van der Waals surface area contributed by atoms with Gasteiger partial charge in [-0.05, 0) is 68.6 Å². The highest BCUT2D eigenvalue weighted by Gasteiger charge is 2.44. The van der Waals surface area contributed by atoms with E-state index in [9.17, 15) is 48.6 Å². The first kappa shape index (κ1) is 59.8. The molecule has 0 rings (SSSR count). The molecule has 0 aliphatic heterocycles. The van der Waals surface area contributed by atoms with Crippen LogP contribution in [0.15, 0.2) is 12.2 Å². The summed E-state index contributed by atoms with van der Waals surface area (Å²) in [5.74, 6) is -6.66. The third kappa shape index (κ3) is 18.4. The number of likely N-dealkylation sites (N-methyl/N-ethyl adjacent to an activating group) is 5. The van der Waals surface area contributed by atoms with Gasteiger partial charge in [0.2, 0.25) is 41.4 Å². The van der Waals surface area contributed by atoms with Crippen LogP contribution in [0.25, 0.3) is 0 Å². The number of hydrogen-bond acceptors (Lipinski definition) is 10. The number of carbonyl (C=O) groups is 8. The van der Waals surface area contributed by atoms with Crippen molar-refractivity contribution in [2.45, 2.75) is 157 Å². The largest absolute Gasteiger partial charge is 0.481 e. The van der Waals surface area contributed by atoms with Crippen molar-refractivity contribution in [3.63, 3.8) is 0 Å². The molecule has 18 heteroatoms. The van der Waals surface area contributed by atoms with Crippen molar-refractivity contribution in [3.8, 4) is 0 Å². The third-order valence-corrected chi connectivity index (χ3v) is 12.6. The number of nitrogens with two attached hydrogens (primary N) is 1. The predicted octanol–water partition coefficient (Wildman–Crippen LogP) is 3.47. The second-order valence-electron chi connectivity index (χ2n) is 18.7. The zero-order valence-corrected chi connectivity index (χ0v) is 42.4. The molecule has 0 bridgehead atoms. The Labute approximate surface area is 387 Å². The summed E-state index contributed by atoms with van der Waals surface area (Å²) in [4.78, 5) is 115. The lowest BCUT2D eigenvalue weighted by Crippen LogP contribution is -2.63. The van der Waals surface area contributed by atoms with Gasteiger partial charge in [-0.2, -0.15) is 0 Å². The van der Waals surface area contributed by atoms with Gasteiger partial charge in [0.15, 0.2) is 0 Å². The lowest BCUT2D eigenvalue weighted by molar-refractivity contribution is -0.156. The van der Waals surface area contributed by atoms with Gasteiger partial charge in [-0.1, -0.05) is 81.4 Å². The summed E-state index contributed by atoms with van der Waals surface area (Å²) in [6.07, 6.45) is 4.02. The zero-order chi connectivity index (χ0) is 49.9. The van der Waals surface area contributed by atoms with Gasteiger partial charge in [0.05, 0.1) is 11.9 Å². The van der Waals surface area contributed by atoms with Crippen LogP contribution in [0.5, 0.6) is 0 Å². The smallest absolute Gasteiger partial charge is 0.313 e. The first-order chi connectivity index (χ1) is 29.6. The number of aliphatic hydroxyl groups excluding tert-OH is 1. The Morgan fingerprint density at radius 1 is 0.672 bits per heavy atom. The van der Waals surface area contributed by atoms with E-state index in [1.54, 1.807) is 40.8 Å². The summed E-state index contributed by atoms with van der Waals surface area (Å²) >= 11 is 0.899. The summed E-state index contributed by atoms with van der Waals surface area (Å²) in [7, 11) is 7.20. The van der Waals surface area contributed by atoms with E-state index in [2.05, 4.69) is 5.32 Å². The Kier molecular flexibility index (Phi) is 26.8. The molecule has 0 unspecified atom stereocenters. The molecule has 0 aliphatic carbocycles. The van der Waals surface area contributed by atoms with Crippen LogP contribution in [0.2, 0.25) is 0 Å². The van der Waals surface area contributed by atoms with Gasteiger partial charge in [0, 0.05) is 47.4 Å². The maximum atomic E-state index is 14.7. The van der Waals surface area contributed by atoms with E-state index in [1.165, 1.54) is 38.0 Å². The number of primary amides is 1. The maximum Gasteiger partial charge on any atom is 0.313 e. The molecule has 0 aliphatic rings. The number of carboxylic acid groups (broad SMARTS) is 1. The van der Waals surface area contributed by atoms with E-state index in [4.69, 9.17) is 5.73 Å². The molecule has 0 saturated heterocycles. The summed E-state index contributed by atoms with van der Waals surface area (Å²) in [6.45, 7) is 20.3.